The van der Waals surface area contributed by atoms with Crippen molar-refractivity contribution < 1.29 is 9.47 Å². The molecule has 2 saturated carbocycles. The number of rotatable bonds is 16. The highest BCUT2D eigenvalue weighted by molar-refractivity contribution is 9.11. The molecule has 24 rings (SSSR count). The van der Waals surface area contributed by atoms with Gasteiger partial charge in [0.05, 0.1) is 12.2 Å². The van der Waals surface area contributed by atoms with Crippen LogP contribution in [0, 0.1) is 39.5 Å². The number of hydrogen-bond acceptors (Lipinski definition) is 6. The van der Waals surface area contributed by atoms with E-state index in [0.29, 0.717) is 6.10 Å². The molecule has 3 fully saturated rings. The summed E-state index contributed by atoms with van der Waals surface area (Å²) in [7, 11) is 0. The minimum absolute atomic E-state index is 0.0633. The summed E-state index contributed by atoms with van der Waals surface area (Å²) in [6.45, 7) is 27.3. The number of ether oxygens (including phenoxy) is 2. The van der Waals surface area contributed by atoms with E-state index >= 15 is 0 Å². The molecule has 16 aromatic carbocycles. The monoisotopic (exact) mass is 2350 g/mol. The second-order valence-corrected chi connectivity index (χ2v) is 48.8. The van der Waals surface area contributed by atoms with Crippen LogP contribution in [0.5, 0.6) is 5.75 Å². The van der Waals surface area contributed by atoms with E-state index in [9.17, 15) is 0 Å². The zero-order chi connectivity index (χ0) is 97.5. The lowest BCUT2D eigenvalue weighted by atomic mass is 9.67. The van der Waals surface area contributed by atoms with Crippen LogP contribution in [-0.2, 0) is 21.0 Å². The van der Waals surface area contributed by atoms with E-state index in [2.05, 4.69) is 570 Å². The summed E-state index contributed by atoms with van der Waals surface area (Å²) in [6.07, 6.45) is 11.3. The van der Waals surface area contributed by atoms with E-state index in [1.165, 1.54) is 139 Å². The Kier molecular flexibility index (Phi) is 28.0. The fourth-order valence-corrected chi connectivity index (χ4v) is 25.5. The molecule has 3 aliphatic heterocycles. The van der Waals surface area contributed by atoms with Crippen molar-refractivity contribution in [3.05, 3.63) is 437 Å². The summed E-state index contributed by atoms with van der Waals surface area (Å²) < 4.78 is 21.0. The van der Waals surface area contributed by atoms with Gasteiger partial charge in [0, 0.05) is 115 Å². The number of fused-ring (bicyclic) bond motifs is 7. The van der Waals surface area contributed by atoms with Gasteiger partial charge in [-0.05, 0) is 488 Å². The molecule has 6 bridgehead atoms. The summed E-state index contributed by atoms with van der Waals surface area (Å²) in [6, 6.07) is 123. The molecule has 140 heavy (non-hydrogen) atoms. The number of halogens is 8. The largest absolute Gasteiger partial charge is 0.487 e. The number of benzene rings is 16. The van der Waals surface area contributed by atoms with Crippen molar-refractivity contribution in [2.24, 2.45) is 11.8 Å². The van der Waals surface area contributed by atoms with Crippen molar-refractivity contribution in [2.45, 2.75) is 180 Å². The molecule has 8 aliphatic rings. The highest BCUT2D eigenvalue weighted by Gasteiger charge is 2.49. The lowest BCUT2D eigenvalue weighted by Gasteiger charge is -2.38. The first-order chi connectivity index (χ1) is 67.2. The van der Waals surface area contributed by atoms with Gasteiger partial charge in [-0.25, -0.2) is 0 Å². The van der Waals surface area contributed by atoms with Gasteiger partial charge in [0.2, 0.25) is 0 Å². The van der Waals surface area contributed by atoms with Crippen LogP contribution in [0.15, 0.2) is 375 Å². The van der Waals surface area contributed by atoms with E-state index in [1.807, 2.05) is 0 Å². The molecule has 1 saturated heterocycles. The third-order valence-corrected chi connectivity index (χ3v) is 34.8. The number of aryl methyl sites for hydroxylation is 4. The molecule has 16 aromatic rings. The van der Waals surface area contributed by atoms with E-state index in [1.54, 1.807) is 11.1 Å². The van der Waals surface area contributed by atoms with Crippen molar-refractivity contribution in [1.82, 2.24) is 0 Å². The Hall–Kier alpha value is -9.68. The summed E-state index contributed by atoms with van der Waals surface area (Å²) in [5.74, 6) is 4.49. The van der Waals surface area contributed by atoms with Gasteiger partial charge in [-0.1, -0.05) is 248 Å². The second kappa shape index (κ2) is 40.1. The average molecular weight is 2360 g/mol. The zero-order valence-electron chi connectivity index (χ0n) is 81.1. The summed E-state index contributed by atoms with van der Waals surface area (Å²) in [4.78, 5) is 9.23. The first-order valence-corrected chi connectivity index (χ1v) is 55.2. The Morgan fingerprint density at radius 2 is 0.507 bits per heavy atom. The van der Waals surface area contributed by atoms with Crippen LogP contribution in [0.4, 0.5) is 68.2 Å². The van der Waals surface area contributed by atoms with E-state index in [4.69, 9.17) is 9.47 Å². The second-order valence-electron chi connectivity index (χ2n) is 41.5. The Balaban J connectivity index is 0.000000115. The maximum Gasteiger partial charge on any atom is 0.124 e. The van der Waals surface area contributed by atoms with Crippen LogP contribution < -0.4 is 24.3 Å². The quantitative estimate of drug-likeness (QED) is 0.0958. The number of hydrogen-bond donors (Lipinski definition) is 0. The molecule has 0 radical (unpaired) electrons. The Bertz CT molecular complexity index is 7110. The zero-order valence-corrected chi connectivity index (χ0v) is 93.8. The van der Waals surface area contributed by atoms with Gasteiger partial charge in [0.25, 0.3) is 0 Å². The van der Waals surface area contributed by atoms with Crippen LogP contribution in [0.25, 0.3) is 44.5 Å². The smallest absolute Gasteiger partial charge is 0.124 e. The normalized spacial score (nSPS) is 18.3. The van der Waals surface area contributed by atoms with Crippen LogP contribution in [0.2, 0.25) is 0 Å². The molecule has 14 heteroatoms. The molecule has 5 aliphatic carbocycles. The van der Waals surface area contributed by atoms with Crippen LogP contribution in [-0.4, -0.2) is 5.60 Å². The van der Waals surface area contributed by atoms with E-state index in [-0.39, 0.29) is 27.9 Å². The molecule has 0 amide bonds. The van der Waals surface area contributed by atoms with Gasteiger partial charge < -0.3 is 29.1 Å². The SMILES string of the molecule is Cc1cc(N(c2ccc(Br)cc2)c2ccc(Br)cc2)ccc1-c1ccc2c(c1)C(C)(C)C(C)(C)O2.Cc1cc(N(c2ccc(Br)cc2)c2ccc(Br)cc2)ccc1-c1ccc2c(c1)C(C)(C)CC2(C)C.Cc1cc(N(c2ccc(Br)cc2)c2ccc(Br)cc2)ccc1-c1ccc2c(c1)C1CC3CC(CC2C3)C1.Cc1cc(N(c2ccc(Br)cc2)c2ccc(Br)cc2)ccc1-c1ccc2c(c1)C1CCC2O1. The fourth-order valence-electron chi connectivity index (χ4n) is 23.3. The Morgan fingerprint density at radius 3 is 0.836 bits per heavy atom. The van der Waals surface area contributed by atoms with Crippen molar-refractivity contribution in [1.29, 1.82) is 0 Å². The lowest BCUT2D eigenvalue weighted by Crippen LogP contribution is -2.41. The van der Waals surface area contributed by atoms with Gasteiger partial charge in [-0.3, -0.25) is 0 Å². The number of nitrogens with zero attached hydrogens (tertiary/aromatic N) is 4. The summed E-state index contributed by atoms with van der Waals surface area (Å²) in [5, 5.41) is 0. The molecular formula is C126H114Br8N4O2. The van der Waals surface area contributed by atoms with Gasteiger partial charge in [-0.15, -0.1) is 0 Å². The predicted octanol–water partition coefficient (Wildman–Crippen LogP) is 41.3. The molecule has 0 N–H and O–H groups in total. The topological polar surface area (TPSA) is 31.4 Å². The number of anilines is 12. The summed E-state index contributed by atoms with van der Waals surface area (Å²) in [5.41, 5.74) is 39.5. The van der Waals surface area contributed by atoms with Crippen molar-refractivity contribution in [3.63, 3.8) is 0 Å². The van der Waals surface area contributed by atoms with Gasteiger partial charge in [0.15, 0.2) is 0 Å². The molecule has 0 spiro atoms. The third kappa shape index (κ3) is 20.1. The molecule has 4 atom stereocenters. The molecule has 3 heterocycles. The maximum atomic E-state index is 6.28. The van der Waals surface area contributed by atoms with Crippen molar-refractivity contribution in [2.75, 3.05) is 19.6 Å². The molecule has 0 aromatic heterocycles. The first-order valence-electron chi connectivity index (χ1n) is 48.8. The highest BCUT2D eigenvalue weighted by atomic mass is 79.9. The van der Waals surface area contributed by atoms with Gasteiger partial charge in [0.1, 0.15) is 11.4 Å². The summed E-state index contributed by atoms with van der Waals surface area (Å²) >= 11 is 28.6. The molecular weight excluding hydrogens is 2240 g/mol. The highest BCUT2D eigenvalue weighted by Crippen LogP contribution is 2.59. The minimum atomic E-state index is -0.233. The lowest BCUT2D eigenvalue weighted by molar-refractivity contribution is 0.0712. The Labute approximate surface area is 894 Å². The maximum absolute atomic E-state index is 6.28. The van der Waals surface area contributed by atoms with E-state index in [0.717, 1.165) is 141 Å². The third-order valence-electron chi connectivity index (χ3n) is 30.6. The van der Waals surface area contributed by atoms with Gasteiger partial charge in [-0.2, -0.15) is 0 Å². The van der Waals surface area contributed by atoms with Crippen LogP contribution >= 0.6 is 127 Å². The van der Waals surface area contributed by atoms with Gasteiger partial charge >= 0.3 is 0 Å². The molecule has 706 valence electrons. The fraction of sp³-hybridized carbons (Fsp3) is 0.238. The first kappa shape index (κ1) is 97.7. The minimum Gasteiger partial charge on any atom is -0.487 e. The van der Waals surface area contributed by atoms with Crippen molar-refractivity contribution in [3.8, 4) is 50.3 Å². The van der Waals surface area contributed by atoms with Crippen LogP contribution in [0.1, 0.15) is 192 Å². The standard InChI is InChI=1S/C34H31Br2N.C32H31Br2N.C31H29Br2NO.C29H23Br2NO/c1-21-14-31(37(29-7-3-27(35)4-8-29)30-9-5-28(36)6-10-30)11-13-32(21)24-2-12-33-25-16-22-15-23(17-25)19-26(18-22)34(33)20-24;1-21-18-27(35(25-11-7-23(33)8-12-25)26-13-9-24(34)10-14-26)15-16-28(21)22-6-17-29-30(19-22)32(4,5)20-31(29,2)3;1-20-18-26(34(24-11-7-22(32)8-12-24)25-13-9-23(33)10-14-25)15-16-27(20)21-6-17-29-28(19-21)30(2,3)31(4,5)35-29;1-18-16-24(32(22-7-3-20(30)4-8-22)23-9-5-21(31)6-10-23)11-13-25(18)19-2-12-26-27(17-19)29-15-14-28(26)33-29/h2-14,20,22-23,25-26H,15-19H2,1H3;6-19H,20H2,1-5H3;6-19H,1-5H3;2-13,16-17,28-29H,14-15H2,1H3. The van der Waals surface area contributed by atoms with Crippen molar-refractivity contribution >= 4 is 196 Å². The van der Waals surface area contributed by atoms with Crippen LogP contribution in [0.3, 0.4) is 0 Å². The molecule has 6 nitrogen and oxygen atoms in total. The Morgan fingerprint density at radius 1 is 0.243 bits per heavy atom. The predicted molar refractivity (Wildman–Crippen MR) is 617 cm³/mol. The van der Waals surface area contributed by atoms with E-state index < -0.39 is 0 Å². The average Bonchev–Trinajstić information content (AvgIpc) is 1.58. The molecule has 4 unspecified atom stereocenters.